The molecule has 0 aliphatic heterocycles. The van der Waals surface area contributed by atoms with E-state index in [9.17, 15) is 13.2 Å². The summed E-state index contributed by atoms with van der Waals surface area (Å²) in [5, 5.41) is 8.49. The quantitative estimate of drug-likeness (QED) is 0.858. The predicted octanol–water partition coefficient (Wildman–Crippen LogP) is 2.57. The normalized spacial score (nSPS) is 10.7. The lowest BCUT2D eigenvalue weighted by Gasteiger charge is -2.09. The van der Waals surface area contributed by atoms with E-state index in [0.29, 0.717) is 6.07 Å². The molecule has 0 unspecified atom stereocenters. The van der Waals surface area contributed by atoms with Gasteiger partial charge in [0.05, 0.1) is 11.6 Å². The van der Waals surface area contributed by atoms with Crippen molar-refractivity contribution in [3.8, 4) is 5.75 Å². The molecule has 14 heavy (non-hydrogen) atoms. The molecule has 1 aromatic rings. The van der Waals surface area contributed by atoms with Crippen molar-refractivity contribution in [3.63, 3.8) is 0 Å². The van der Waals surface area contributed by atoms with Crippen LogP contribution >= 0.6 is 11.6 Å². The van der Waals surface area contributed by atoms with Gasteiger partial charge >= 0.3 is 6.61 Å². The third-order valence-electron chi connectivity index (χ3n) is 1.49. The summed E-state index contributed by atoms with van der Waals surface area (Å²) in [5.74, 6) is -1.29. The van der Waals surface area contributed by atoms with Gasteiger partial charge in [0.15, 0.2) is 0 Å². The number of alkyl halides is 2. The van der Waals surface area contributed by atoms with Crippen LogP contribution in [0.1, 0.15) is 5.56 Å². The SMILES string of the molecule is OCc1cc(Cl)c(F)cc1OC(F)F. The molecule has 0 amide bonds. The molecule has 0 aliphatic rings. The first-order valence-corrected chi connectivity index (χ1v) is 3.96. The number of halogens is 4. The number of ether oxygens (including phenoxy) is 1. The van der Waals surface area contributed by atoms with Gasteiger partial charge in [-0.25, -0.2) is 4.39 Å². The maximum atomic E-state index is 12.8. The fraction of sp³-hybridized carbons (Fsp3) is 0.250. The first kappa shape index (κ1) is 11.1. The summed E-state index contributed by atoms with van der Waals surface area (Å²) in [6, 6.07) is 1.74. The predicted molar refractivity (Wildman–Crippen MR) is 44.0 cm³/mol. The first-order chi connectivity index (χ1) is 6.54. The summed E-state index contributed by atoms with van der Waals surface area (Å²) in [7, 11) is 0. The second kappa shape index (κ2) is 4.52. The van der Waals surface area contributed by atoms with Crippen LogP contribution in [0.25, 0.3) is 0 Å². The molecule has 0 aromatic heterocycles. The largest absolute Gasteiger partial charge is 0.434 e. The Morgan fingerprint density at radius 1 is 1.43 bits per heavy atom. The zero-order valence-corrected chi connectivity index (χ0v) is 7.56. The molecule has 6 heteroatoms. The van der Waals surface area contributed by atoms with Crippen molar-refractivity contribution in [3.05, 3.63) is 28.5 Å². The van der Waals surface area contributed by atoms with Gasteiger partial charge in [0.25, 0.3) is 0 Å². The molecule has 0 saturated carbocycles. The van der Waals surface area contributed by atoms with E-state index in [1.807, 2.05) is 0 Å². The van der Waals surface area contributed by atoms with Crippen molar-refractivity contribution < 1.29 is 23.0 Å². The standard InChI is InChI=1S/C8H6ClF3O2/c9-5-1-4(3-13)7(2-6(5)10)14-8(11)12/h1-2,8,13H,3H2. The summed E-state index contributed by atoms with van der Waals surface area (Å²) < 4.78 is 40.4. The van der Waals surface area contributed by atoms with Gasteiger partial charge in [-0.15, -0.1) is 0 Å². The zero-order valence-electron chi connectivity index (χ0n) is 6.81. The summed E-state index contributed by atoms with van der Waals surface area (Å²) in [5.41, 5.74) is 0.0108. The Morgan fingerprint density at radius 2 is 2.07 bits per heavy atom. The van der Waals surface area contributed by atoms with E-state index in [1.165, 1.54) is 0 Å². The van der Waals surface area contributed by atoms with Crippen LogP contribution in [0.5, 0.6) is 5.75 Å². The highest BCUT2D eigenvalue weighted by atomic mass is 35.5. The van der Waals surface area contributed by atoms with Gasteiger partial charge in [0.1, 0.15) is 11.6 Å². The third kappa shape index (κ3) is 2.52. The first-order valence-electron chi connectivity index (χ1n) is 3.58. The summed E-state index contributed by atoms with van der Waals surface area (Å²) in [4.78, 5) is 0. The van der Waals surface area contributed by atoms with E-state index in [4.69, 9.17) is 16.7 Å². The molecule has 78 valence electrons. The van der Waals surface area contributed by atoms with Gasteiger partial charge in [-0.05, 0) is 6.07 Å². The minimum Gasteiger partial charge on any atom is -0.434 e. The van der Waals surface area contributed by atoms with E-state index < -0.39 is 24.8 Å². The number of hydrogen-bond donors (Lipinski definition) is 1. The van der Waals surface area contributed by atoms with E-state index >= 15 is 0 Å². The molecule has 0 saturated heterocycles. The molecule has 0 heterocycles. The third-order valence-corrected chi connectivity index (χ3v) is 1.78. The molecule has 1 rings (SSSR count). The van der Waals surface area contributed by atoms with E-state index in [2.05, 4.69) is 4.74 Å². The van der Waals surface area contributed by atoms with Crippen LogP contribution in [0, 0.1) is 5.82 Å². The number of aliphatic hydroxyl groups is 1. The average molecular weight is 227 g/mol. The van der Waals surface area contributed by atoms with Crippen LogP contribution in [0.2, 0.25) is 5.02 Å². The maximum absolute atomic E-state index is 12.8. The molecule has 0 spiro atoms. The highest BCUT2D eigenvalue weighted by Gasteiger charge is 2.12. The van der Waals surface area contributed by atoms with Gasteiger partial charge in [-0.1, -0.05) is 11.6 Å². The fourth-order valence-corrected chi connectivity index (χ4v) is 1.09. The van der Waals surface area contributed by atoms with Gasteiger partial charge < -0.3 is 9.84 Å². The Balaban J connectivity index is 3.07. The van der Waals surface area contributed by atoms with Gasteiger partial charge in [-0.2, -0.15) is 8.78 Å². The smallest absolute Gasteiger partial charge is 0.387 e. The Morgan fingerprint density at radius 3 is 2.57 bits per heavy atom. The molecular formula is C8H6ClF3O2. The van der Waals surface area contributed by atoms with Crippen LogP contribution in [-0.2, 0) is 6.61 Å². The van der Waals surface area contributed by atoms with Crippen molar-refractivity contribution in [2.24, 2.45) is 0 Å². The maximum Gasteiger partial charge on any atom is 0.387 e. The minimum absolute atomic E-state index is 0.0108. The Hall–Kier alpha value is -0.940. The molecule has 0 fully saturated rings. The van der Waals surface area contributed by atoms with Crippen LogP contribution < -0.4 is 4.74 Å². The number of hydrogen-bond acceptors (Lipinski definition) is 2. The van der Waals surface area contributed by atoms with Crippen molar-refractivity contribution >= 4 is 11.6 Å². The molecule has 1 aromatic carbocycles. The van der Waals surface area contributed by atoms with Gasteiger partial charge in [-0.3, -0.25) is 0 Å². The molecule has 0 aliphatic carbocycles. The van der Waals surface area contributed by atoms with E-state index in [1.54, 1.807) is 0 Å². The molecule has 0 atom stereocenters. The number of aliphatic hydroxyl groups excluding tert-OH is 1. The number of rotatable bonds is 3. The molecular weight excluding hydrogens is 221 g/mol. The van der Waals surface area contributed by atoms with Crippen LogP contribution in [0.4, 0.5) is 13.2 Å². The Bertz CT molecular complexity index is 331. The summed E-state index contributed by atoms with van der Waals surface area (Å²) in [6.07, 6.45) is 0. The van der Waals surface area contributed by atoms with Gasteiger partial charge in [0.2, 0.25) is 0 Å². The summed E-state index contributed by atoms with van der Waals surface area (Å²) >= 11 is 5.37. The van der Waals surface area contributed by atoms with Crippen LogP contribution in [0.15, 0.2) is 12.1 Å². The van der Waals surface area contributed by atoms with E-state index in [-0.39, 0.29) is 10.6 Å². The Labute approximate surface area is 82.9 Å². The van der Waals surface area contributed by atoms with Crippen molar-refractivity contribution in [2.45, 2.75) is 13.2 Å². The molecule has 2 nitrogen and oxygen atoms in total. The lowest BCUT2D eigenvalue weighted by Crippen LogP contribution is -2.05. The minimum atomic E-state index is -3.07. The highest BCUT2D eigenvalue weighted by Crippen LogP contribution is 2.27. The average Bonchev–Trinajstić information content (AvgIpc) is 2.10. The molecule has 1 N–H and O–H groups in total. The van der Waals surface area contributed by atoms with Crippen molar-refractivity contribution in [2.75, 3.05) is 0 Å². The Kier molecular flexibility index (Phi) is 3.60. The monoisotopic (exact) mass is 226 g/mol. The second-order valence-corrected chi connectivity index (χ2v) is 2.82. The topological polar surface area (TPSA) is 29.5 Å². The zero-order chi connectivity index (χ0) is 10.7. The molecule has 0 radical (unpaired) electrons. The second-order valence-electron chi connectivity index (χ2n) is 2.41. The van der Waals surface area contributed by atoms with E-state index in [0.717, 1.165) is 6.07 Å². The highest BCUT2D eigenvalue weighted by molar-refractivity contribution is 6.30. The van der Waals surface area contributed by atoms with Crippen LogP contribution in [-0.4, -0.2) is 11.7 Å². The summed E-state index contributed by atoms with van der Waals surface area (Å²) in [6.45, 7) is -3.62. The fourth-order valence-electron chi connectivity index (χ4n) is 0.899. The van der Waals surface area contributed by atoms with Crippen LogP contribution in [0.3, 0.4) is 0 Å². The lowest BCUT2D eigenvalue weighted by atomic mass is 10.2. The van der Waals surface area contributed by atoms with Gasteiger partial charge in [0, 0.05) is 11.6 Å². The lowest BCUT2D eigenvalue weighted by molar-refractivity contribution is -0.0510. The molecule has 0 bridgehead atoms. The van der Waals surface area contributed by atoms with Crippen molar-refractivity contribution in [1.82, 2.24) is 0 Å². The van der Waals surface area contributed by atoms with Crippen molar-refractivity contribution in [1.29, 1.82) is 0 Å². The number of benzene rings is 1.